The molecule has 0 spiro atoms. The molecule has 2 rings (SSSR count). The molecule has 0 saturated heterocycles. The molecule has 0 aliphatic heterocycles. The van der Waals surface area contributed by atoms with Crippen molar-refractivity contribution in [3.8, 4) is 5.75 Å². The summed E-state index contributed by atoms with van der Waals surface area (Å²) in [6, 6.07) is 6.50. The summed E-state index contributed by atoms with van der Waals surface area (Å²) in [6.45, 7) is 1.72. The van der Waals surface area contributed by atoms with Gasteiger partial charge in [-0.2, -0.15) is 0 Å². The molecule has 0 bridgehead atoms. The smallest absolute Gasteiger partial charge is 0.365 e. The summed E-state index contributed by atoms with van der Waals surface area (Å²) in [7, 11) is 1.55. The number of hydrogen-bond acceptors (Lipinski definition) is 5. The fraction of sp³-hybridized carbons (Fsp3) is 0.133. The normalized spacial score (nSPS) is 16.0. The molecule has 0 fully saturated rings. The topological polar surface area (TPSA) is 65.0 Å². The van der Waals surface area contributed by atoms with Gasteiger partial charge in [0.15, 0.2) is 5.78 Å². The monoisotopic (exact) mass is 271 g/mol. The number of ether oxygens (including phenoxy) is 1. The van der Waals surface area contributed by atoms with Gasteiger partial charge in [0.1, 0.15) is 11.5 Å². The van der Waals surface area contributed by atoms with Crippen molar-refractivity contribution in [2.24, 2.45) is 5.16 Å². The summed E-state index contributed by atoms with van der Waals surface area (Å²) in [5.74, 6) is -0.0263. The standard InChI is InChI=1S/C15H13NO4/c1-10-9-12(17)5-8-14(10)16-20-15(18)11-3-6-13(19-2)7-4-11/h3-9H,1-2H3/b16-14+. The molecule has 1 aromatic rings. The maximum absolute atomic E-state index is 11.8. The zero-order chi connectivity index (χ0) is 14.5. The summed E-state index contributed by atoms with van der Waals surface area (Å²) in [5.41, 5.74) is 1.47. The molecule has 20 heavy (non-hydrogen) atoms. The minimum absolute atomic E-state index is 0.108. The molecule has 5 nitrogen and oxygen atoms in total. The van der Waals surface area contributed by atoms with Crippen LogP contribution in [-0.2, 0) is 9.63 Å². The second-order valence-corrected chi connectivity index (χ2v) is 4.15. The predicted octanol–water partition coefficient (Wildman–Crippen LogP) is 2.29. The third-order valence-electron chi connectivity index (χ3n) is 2.72. The molecule has 0 radical (unpaired) electrons. The van der Waals surface area contributed by atoms with Crippen LogP contribution in [-0.4, -0.2) is 24.6 Å². The van der Waals surface area contributed by atoms with Crippen molar-refractivity contribution in [3.63, 3.8) is 0 Å². The van der Waals surface area contributed by atoms with Crippen LogP contribution in [0.1, 0.15) is 17.3 Å². The molecule has 0 N–H and O–H groups in total. The highest BCUT2D eigenvalue weighted by atomic mass is 16.7. The Morgan fingerprint density at radius 2 is 1.85 bits per heavy atom. The van der Waals surface area contributed by atoms with E-state index in [0.29, 0.717) is 22.6 Å². The Balaban J connectivity index is 2.06. The number of methoxy groups -OCH3 is 1. The van der Waals surface area contributed by atoms with E-state index in [2.05, 4.69) is 5.16 Å². The highest BCUT2D eigenvalue weighted by Gasteiger charge is 2.11. The van der Waals surface area contributed by atoms with Gasteiger partial charge in [-0.25, -0.2) is 4.79 Å². The Bertz CT molecular complexity index is 624. The summed E-state index contributed by atoms with van der Waals surface area (Å²) in [4.78, 5) is 27.7. The molecule has 0 saturated carbocycles. The van der Waals surface area contributed by atoms with Crippen LogP contribution < -0.4 is 4.74 Å². The molecular weight excluding hydrogens is 258 g/mol. The molecule has 1 aliphatic carbocycles. The lowest BCUT2D eigenvalue weighted by Crippen LogP contribution is -2.08. The van der Waals surface area contributed by atoms with Crippen molar-refractivity contribution in [2.75, 3.05) is 7.11 Å². The molecule has 0 aromatic heterocycles. The third kappa shape index (κ3) is 3.20. The SMILES string of the molecule is COc1ccc(C(=O)O/N=C2\C=CC(=O)C=C2C)cc1. The van der Waals surface area contributed by atoms with Crippen molar-refractivity contribution < 1.29 is 19.2 Å². The van der Waals surface area contributed by atoms with E-state index in [1.165, 1.54) is 18.2 Å². The molecule has 0 heterocycles. The number of oxime groups is 1. The van der Waals surface area contributed by atoms with Gasteiger partial charge in [-0.15, -0.1) is 0 Å². The third-order valence-corrected chi connectivity index (χ3v) is 2.72. The van der Waals surface area contributed by atoms with E-state index in [1.807, 2.05) is 0 Å². The Morgan fingerprint density at radius 3 is 2.45 bits per heavy atom. The predicted molar refractivity (Wildman–Crippen MR) is 73.7 cm³/mol. The average Bonchev–Trinajstić information content (AvgIpc) is 2.46. The molecule has 1 aromatic carbocycles. The molecule has 1 aliphatic rings. The first-order chi connectivity index (χ1) is 9.60. The highest BCUT2D eigenvalue weighted by molar-refractivity contribution is 6.19. The first-order valence-electron chi connectivity index (χ1n) is 5.94. The zero-order valence-electron chi connectivity index (χ0n) is 11.1. The van der Waals surface area contributed by atoms with E-state index in [0.717, 1.165) is 0 Å². The molecule has 0 unspecified atom stereocenters. The van der Waals surface area contributed by atoms with Crippen LogP contribution >= 0.6 is 0 Å². The number of rotatable bonds is 3. The van der Waals surface area contributed by atoms with Gasteiger partial charge < -0.3 is 9.57 Å². The van der Waals surface area contributed by atoms with E-state index >= 15 is 0 Å². The largest absolute Gasteiger partial charge is 0.497 e. The van der Waals surface area contributed by atoms with E-state index < -0.39 is 5.97 Å². The lowest BCUT2D eigenvalue weighted by molar-refractivity contribution is -0.110. The summed E-state index contributed by atoms with van der Waals surface area (Å²) >= 11 is 0. The Kier molecular flexibility index (Phi) is 4.10. The molecule has 5 heteroatoms. The van der Waals surface area contributed by atoms with E-state index in [-0.39, 0.29) is 5.78 Å². The van der Waals surface area contributed by atoms with Gasteiger partial charge in [-0.3, -0.25) is 4.79 Å². The van der Waals surface area contributed by atoms with E-state index in [9.17, 15) is 9.59 Å². The van der Waals surface area contributed by atoms with Crippen LogP contribution in [0.15, 0.2) is 53.2 Å². The number of carbonyl (C=O) groups excluding carboxylic acids is 2. The summed E-state index contributed by atoms with van der Waals surface area (Å²) in [5, 5.41) is 3.75. The quantitative estimate of drug-likeness (QED) is 0.480. The molecule has 102 valence electrons. The average molecular weight is 271 g/mol. The number of ketones is 1. The van der Waals surface area contributed by atoms with Gasteiger partial charge >= 0.3 is 5.97 Å². The van der Waals surface area contributed by atoms with Crippen LogP contribution in [0.25, 0.3) is 0 Å². The minimum atomic E-state index is -0.571. The Hall–Kier alpha value is -2.69. The van der Waals surface area contributed by atoms with Crippen molar-refractivity contribution in [2.45, 2.75) is 6.92 Å². The van der Waals surface area contributed by atoms with Gasteiger partial charge in [-0.05, 0) is 55.0 Å². The minimum Gasteiger partial charge on any atom is -0.497 e. The van der Waals surface area contributed by atoms with E-state index in [1.54, 1.807) is 38.3 Å². The van der Waals surface area contributed by atoms with Crippen LogP contribution in [0.3, 0.4) is 0 Å². The zero-order valence-corrected chi connectivity index (χ0v) is 11.1. The van der Waals surface area contributed by atoms with Gasteiger partial charge in [0.05, 0.1) is 12.7 Å². The maximum atomic E-state index is 11.8. The maximum Gasteiger partial charge on any atom is 0.365 e. The summed E-state index contributed by atoms with van der Waals surface area (Å²) < 4.78 is 5.00. The highest BCUT2D eigenvalue weighted by Crippen LogP contribution is 2.13. The van der Waals surface area contributed by atoms with E-state index in [4.69, 9.17) is 9.57 Å². The number of allylic oxidation sites excluding steroid dienone is 4. The van der Waals surface area contributed by atoms with Crippen LogP contribution in [0, 0.1) is 0 Å². The lowest BCUT2D eigenvalue weighted by Gasteiger charge is -2.05. The van der Waals surface area contributed by atoms with Crippen molar-refractivity contribution in [1.29, 1.82) is 0 Å². The first kappa shape index (κ1) is 13.7. The fourth-order valence-electron chi connectivity index (χ4n) is 1.60. The molecular formula is C15H13NO4. The van der Waals surface area contributed by atoms with Gasteiger partial charge in [0, 0.05) is 0 Å². The summed E-state index contributed by atoms with van der Waals surface area (Å²) in [6.07, 6.45) is 4.31. The Labute approximate surface area is 116 Å². The second-order valence-electron chi connectivity index (χ2n) is 4.15. The molecule has 0 amide bonds. The van der Waals surface area contributed by atoms with Crippen LogP contribution in [0.5, 0.6) is 5.75 Å². The lowest BCUT2D eigenvalue weighted by atomic mass is 10.1. The number of carbonyl (C=O) groups is 2. The van der Waals surface area contributed by atoms with Crippen molar-refractivity contribution in [3.05, 3.63) is 53.6 Å². The molecule has 0 atom stereocenters. The van der Waals surface area contributed by atoms with Crippen molar-refractivity contribution >= 4 is 17.5 Å². The van der Waals surface area contributed by atoms with Crippen LogP contribution in [0.4, 0.5) is 0 Å². The number of hydrogen-bond donors (Lipinski definition) is 0. The van der Waals surface area contributed by atoms with Gasteiger partial charge in [-0.1, -0.05) is 5.16 Å². The number of nitrogens with zero attached hydrogens (tertiary/aromatic N) is 1. The first-order valence-corrected chi connectivity index (χ1v) is 5.94. The second kappa shape index (κ2) is 5.97. The van der Waals surface area contributed by atoms with Crippen LogP contribution in [0.2, 0.25) is 0 Å². The van der Waals surface area contributed by atoms with Gasteiger partial charge in [0.2, 0.25) is 0 Å². The number of benzene rings is 1. The van der Waals surface area contributed by atoms with Crippen molar-refractivity contribution in [1.82, 2.24) is 0 Å². The fourth-order valence-corrected chi connectivity index (χ4v) is 1.60. The Morgan fingerprint density at radius 1 is 1.15 bits per heavy atom. The van der Waals surface area contributed by atoms with Gasteiger partial charge in [0.25, 0.3) is 0 Å².